The Labute approximate surface area is 145 Å². The van der Waals surface area contributed by atoms with Gasteiger partial charge in [0.15, 0.2) is 0 Å². The summed E-state index contributed by atoms with van der Waals surface area (Å²) in [7, 11) is 1.80. The number of halogens is 1. The molecule has 0 aliphatic heterocycles. The molecule has 1 unspecified atom stereocenters. The predicted octanol–water partition coefficient (Wildman–Crippen LogP) is 2.39. The van der Waals surface area contributed by atoms with Crippen LogP contribution in [0.25, 0.3) is 0 Å². The molecule has 0 aliphatic rings. The van der Waals surface area contributed by atoms with Crippen LogP contribution in [0.5, 0.6) is 0 Å². The van der Waals surface area contributed by atoms with E-state index in [0.29, 0.717) is 5.56 Å². The van der Waals surface area contributed by atoms with Gasteiger partial charge in [-0.1, -0.05) is 12.1 Å². The molecule has 0 bridgehead atoms. The standard InChI is InChI=1S/C18H22FN3O3/c1-11(17-12(2)20-21(4)13(17)3)18(25)22(10-16(23)24)9-14-5-7-15(19)8-6-14/h5-8,11H,9-10H2,1-4H3,(H,23,24). The van der Waals surface area contributed by atoms with E-state index in [-0.39, 0.29) is 18.3 Å². The molecule has 2 aromatic rings. The minimum atomic E-state index is -1.10. The molecule has 0 aliphatic carbocycles. The summed E-state index contributed by atoms with van der Waals surface area (Å²) in [6, 6.07) is 5.67. The van der Waals surface area contributed by atoms with Crippen molar-refractivity contribution < 1.29 is 19.1 Å². The van der Waals surface area contributed by atoms with E-state index in [0.717, 1.165) is 17.0 Å². The molecule has 1 heterocycles. The number of aliphatic carboxylic acids is 1. The van der Waals surface area contributed by atoms with E-state index in [1.54, 1.807) is 30.8 Å². The van der Waals surface area contributed by atoms with Gasteiger partial charge >= 0.3 is 5.97 Å². The largest absolute Gasteiger partial charge is 0.480 e. The van der Waals surface area contributed by atoms with Gasteiger partial charge in [-0.05, 0) is 38.5 Å². The van der Waals surface area contributed by atoms with Gasteiger partial charge in [0.2, 0.25) is 5.91 Å². The van der Waals surface area contributed by atoms with Gasteiger partial charge in [-0.15, -0.1) is 0 Å². The van der Waals surface area contributed by atoms with Gasteiger partial charge in [-0.25, -0.2) is 4.39 Å². The van der Waals surface area contributed by atoms with Crippen LogP contribution in [0.15, 0.2) is 24.3 Å². The van der Waals surface area contributed by atoms with Gasteiger partial charge in [-0.2, -0.15) is 5.10 Å². The van der Waals surface area contributed by atoms with E-state index in [4.69, 9.17) is 5.11 Å². The average Bonchev–Trinajstić information content (AvgIpc) is 2.79. The molecule has 1 aromatic carbocycles. The summed E-state index contributed by atoms with van der Waals surface area (Å²) in [5.41, 5.74) is 3.10. The number of nitrogens with zero attached hydrogens (tertiary/aromatic N) is 3. The molecule has 134 valence electrons. The summed E-state index contributed by atoms with van der Waals surface area (Å²) in [6.07, 6.45) is 0. The number of hydrogen-bond acceptors (Lipinski definition) is 3. The highest BCUT2D eigenvalue weighted by molar-refractivity contribution is 5.86. The highest BCUT2D eigenvalue weighted by Crippen LogP contribution is 2.25. The number of aromatic nitrogens is 2. The zero-order valence-electron chi connectivity index (χ0n) is 14.8. The number of carboxylic acid groups (broad SMARTS) is 1. The van der Waals surface area contributed by atoms with Crippen LogP contribution < -0.4 is 0 Å². The quantitative estimate of drug-likeness (QED) is 0.871. The zero-order chi connectivity index (χ0) is 18.7. The molecule has 0 radical (unpaired) electrons. The molecule has 1 aromatic heterocycles. The summed E-state index contributed by atoms with van der Waals surface area (Å²) >= 11 is 0. The Balaban J connectivity index is 2.28. The van der Waals surface area contributed by atoms with Crippen LogP contribution >= 0.6 is 0 Å². The highest BCUT2D eigenvalue weighted by atomic mass is 19.1. The SMILES string of the molecule is Cc1nn(C)c(C)c1C(C)C(=O)N(CC(=O)O)Cc1ccc(F)cc1. The fourth-order valence-electron chi connectivity index (χ4n) is 3.00. The molecule has 25 heavy (non-hydrogen) atoms. The lowest BCUT2D eigenvalue weighted by atomic mass is 9.97. The van der Waals surface area contributed by atoms with Crippen LogP contribution in [0, 0.1) is 19.7 Å². The number of rotatable bonds is 6. The fourth-order valence-corrected chi connectivity index (χ4v) is 3.00. The van der Waals surface area contributed by atoms with Crippen molar-refractivity contribution in [1.29, 1.82) is 0 Å². The van der Waals surface area contributed by atoms with Gasteiger partial charge in [0, 0.05) is 24.8 Å². The molecule has 1 N–H and O–H groups in total. The Hall–Kier alpha value is -2.70. The van der Waals surface area contributed by atoms with Gasteiger partial charge in [0.05, 0.1) is 11.6 Å². The third kappa shape index (κ3) is 4.23. The maximum absolute atomic E-state index is 13.0. The van der Waals surface area contributed by atoms with Crippen LogP contribution in [0.1, 0.15) is 35.4 Å². The Morgan fingerprint density at radius 2 is 1.88 bits per heavy atom. The molecule has 7 heteroatoms. The van der Waals surface area contributed by atoms with Gasteiger partial charge in [0.1, 0.15) is 12.4 Å². The molecule has 2 rings (SSSR count). The molecule has 0 saturated heterocycles. The van der Waals surface area contributed by atoms with Crippen molar-refractivity contribution in [2.45, 2.75) is 33.2 Å². The number of aryl methyl sites for hydroxylation is 2. The molecule has 1 amide bonds. The minimum absolute atomic E-state index is 0.105. The van der Waals surface area contributed by atoms with Crippen molar-refractivity contribution in [3.63, 3.8) is 0 Å². The van der Waals surface area contributed by atoms with E-state index >= 15 is 0 Å². The van der Waals surface area contributed by atoms with Gasteiger partial charge < -0.3 is 10.0 Å². The second-order valence-electron chi connectivity index (χ2n) is 6.14. The van der Waals surface area contributed by atoms with Gasteiger partial charge in [-0.3, -0.25) is 14.3 Å². The van der Waals surface area contributed by atoms with Crippen LogP contribution in [0.3, 0.4) is 0 Å². The highest BCUT2D eigenvalue weighted by Gasteiger charge is 2.28. The van der Waals surface area contributed by atoms with E-state index in [9.17, 15) is 14.0 Å². The van der Waals surface area contributed by atoms with Crippen LogP contribution in [-0.2, 0) is 23.2 Å². The van der Waals surface area contributed by atoms with Crippen LogP contribution in [0.2, 0.25) is 0 Å². The Morgan fingerprint density at radius 3 is 2.36 bits per heavy atom. The predicted molar refractivity (Wildman–Crippen MR) is 90.5 cm³/mol. The van der Waals surface area contributed by atoms with E-state index in [2.05, 4.69) is 5.10 Å². The summed E-state index contributed by atoms with van der Waals surface area (Å²) in [4.78, 5) is 25.4. The second-order valence-corrected chi connectivity index (χ2v) is 6.14. The van der Waals surface area contributed by atoms with Crippen molar-refractivity contribution in [3.8, 4) is 0 Å². The number of amides is 1. The van der Waals surface area contributed by atoms with Crippen molar-refractivity contribution in [2.75, 3.05) is 6.54 Å². The molecule has 1 atom stereocenters. The van der Waals surface area contributed by atoms with Crippen molar-refractivity contribution in [3.05, 3.63) is 52.6 Å². The third-order valence-electron chi connectivity index (χ3n) is 4.29. The first kappa shape index (κ1) is 18.6. The second kappa shape index (κ2) is 7.46. The van der Waals surface area contributed by atoms with Crippen LogP contribution in [0.4, 0.5) is 4.39 Å². The lowest BCUT2D eigenvalue weighted by Gasteiger charge is -2.25. The maximum Gasteiger partial charge on any atom is 0.323 e. The molecule has 0 saturated carbocycles. The molecule has 0 spiro atoms. The zero-order valence-corrected chi connectivity index (χ0v) is 14.8. The normalized spacial score (nSPS) is 12.0. The topological polar surface area (TPSA) is 75.4 Å². The number of hydrogen-bond donors (Lipinski definition) is 1. The van der Waals surface area contributed by atoms with Crippen LogP contribution in [-0.4, -0.2) is 38.2 Å². The average molecular weight is 347 g/mol. The first-order valence-electron chi connectivity index (χ1n) is 7.95. The Kier molecular flexibility index (Phi) is 5.56. The first-order chi connectivity index (χ1) is 11.7. The summed E-state index contributed by atoms with van der Waals surface area (Å²) < 4.78 is 14.8. The van der Waals surface area contributed by atoms with E-state index in [1.807, 2.05) is 13.8 Å². The minimum Gasteiger partial charge on any atom is -0.480 e. The Morgan fingerprint density at radius 1 is 1.28 bits per heavy atom. The summed E-state index contributed by atoms with van der Waals surface area (Å²) in [5.74, 6) is -2.29. The lowest BCUT2D eigenvalue weighted by Crippen LogP contribution is -2.38. The van der Waals surface area contributed by atoms with Crippen molar-refractivity contribution in [1.82, 2.24) is 14.7 Å². The molecular formula is C18H22FN3O3. The number of carboxylic acids is 1. The smallest absolute Gasteiger partial charge is 0.323 e. The molecule has 6 nitrogen and oxygen atoms in total. The number of carbonyl (C=O) groups excluding carboxylic acids is 1. The van der Waals surface area contributed by atoms with Crippen molar-refractivity contribution in [2.24, 2.45) is 7.05 Å². The maximum atomic E-state index is 13.0. The van der Waals surface area contributed by atoms with E-state index < -0.39 is 18.4 Å². The Bertz CT molecular complexity index is 784. The fraction of sp³-hybridized carbons (Fsp3) is 0.389. The van der Waals surface area contributed by atoms with E-state index in [1.165, 1.54) is 17.0 Å². The monoisotopic (exact) mass is 347 g/mol. The molecular weight excluding hydrogens is 325 g/mol. The first-order valence-corrected chi connectivity index (χ1v) is 7.95. The van der Waals surface area contributed by atoms with Gasteiger partial charge in [0.25, 0.3) is 0 Å². The summed E-state index contributed by atoms with van der Waals surface area (Å²) in [6.45, 7) is 5.14. The third-order valence-corrected chi connectivity index (χ3v) is 4.29. The number of carbonyl (C=O) groups is 2. The number of benzene rings is 1. The lowest BCUT2D eigenvalue weighted by molar-refractivity contribution is -0.145. The molecule has 0 fully saturated rings. The van der Waals surface area contributed by atoms with Crippen molar-refractivity contribution >= 4 is 11.9 Å². The summed E-state index contributed by atoms with van der Waals surface area (Å²) in [5, 5.41) is 13.5.